The maximum atomic E-state index is 12.4. The van der Waals surface area contributed by atoms with E-state index in [9.17, 15) is 4.79 Å². The molecule has 146 valence electrons. The highest BCUT2D eigenvalue weighted by Crippen LogP contribution is 2.26. The number of nitrogen functional groups attached to an aromatic ring is 1. The van der Waals surface area contributed by atoms with Crippen molar-refractivity contribution in [1.82, 2.24) is 19.8 Å². The van der Waals surface area contributed by atoms with Crippen LogP contribution in [-0.4, -0.2) is 57.2 Å². The highest BCUT2D eigenvalue weighted by atomic mass is 32.2. The van der Waals surface area contributed by atoms with Crippen molar-refractivity contribution in [3.63, 3.8) is 0 Å². The van der Waals surface area contributed by atoms with Crippen molar-refractivity contribution >= 4 is 17.7 Å². The Hall–Kier alpha value is -2.06. The van der Waals surface area contributed by atoms with Gasteiger partial charge in [0.25, 0.3) is 0 Å². The number of carbonyl (C=O) groups is 1. The monoisotopic (exact) mass is 389 g/mol. The van der Waals surface area contributed by atoms with Crippen LogP contribution in [0.3, 0.4) is 0 Å². The summed E-state index contributed by atoms with van der Waals surface area (Å²) in [7, 11) is 0. The van der Waals surface area contributed by atoms with Gasteiger partial charge in [0, 0.05) is 18.7 Å². The van der Waals surface area contributed by atoms with Gasteiger partial charge in [-0.25, -0.2) is 4.68 Å². The minimum absolute atomic E-state index is 0.0641. The highest BCUT2D eigenvalue weighted by Gasteiger charge is 2.22. The number of rotatable bonds is 4. The first-order valence-electron chi connectivity index (χ1n) is 9.09. The summed E-state index contributed by atoms with van der Waals surface area (Å²) < 4.78 is 6.92. The van der Waals surface area contributed by atoms with Crippen molar-refractivity contribution in [2.75, 3.05) is 31.3 Å². The molecular weight excluding hydrogens is 362 g/mol. The molecule has 1 aromatic carbocycles. The van der Waals surface area contributed by atoms with Crippen LogP contribution in [0, 0.1) is 0 Å². The molecule has 1 aliphatic rings. The molecule has 0 radical (unpaired) electrons. The summed E-state index contributed by atoms with van der Waals surface area (Å²) >= 11 is 1.31. The first-order valence-corrected chi connectivity index (χ1v) is 10.1. The van der Waals surface area contributed by atoms with Gasteiger partial charge in [0.05, 0.1) is 18.5 Å². The Morgan fingerprint density at radius 3 is 2.63 bits per heavy atom. The summed E-state index contributed by atoms with van der Waals surface area (Å²) in [6.45, 7) is 10.3. The van der Waals surface area contributed by atoms with Crippen molar-refractivity contribution in [1.29, 1.82) is 0 Å². The molecule has 1 aromatic heterocycles. The van der Waals surface area contributed by atoms with Crippen molar-refractivity contribution < 1.29 is 9.53 Å². The van der Waals surface area contributed by atoms with Gasteiger partial charge in [-0.05, 0) is 17.9 Å². The number of nitrogens with zero attached hydrogens (tertiary/aromatic N) is 4. The SMILES string of the molecule is CC1CN(C(=O)CSc2nnc(-c3ccc(C(C)(C)C)cc3)n2N)CCO1. The fourth-order valence-corrected chi connectivity index (χ4v) is 3.71. The Morgan fingerprint density at radius 2 is 2.00 bits per heavy atom. The zero-order chi connectivity index (χ0) is 19.6. The molecule has 1 fully saturated rings. The molecule has 0 bridgehead atoms. The first-order chi connectivity index (χ1) is 12.8. The Morgan fingerprint density at radius 1 is 1.30 bits per heavy atom. The number of hydrogen-bond donors (Lipinski definition) is 1. The van der Waals surface area contributed by atoms with E-state index < -0.39 is 0 Å². The minimum Gasteiger partial charge on any atom is -0.375 e. The Labute approximate surface area is 164 Å². The van der Waals surface area contributed by atoms with Gasteiger partial charge in [0.1, 0.15) is 0 Å². The molecule has 0 spiro atoms. The largest absolute Gasteiger partial charge is 0.375 e. The van der Waals surface area contributed by atoms with Crippen molar-refractivity contribution in [2.45, 2.75) is 44.4 Å². The second-order valence-corrected chi connectivity index (χ2v) is 8.76. The van der Waals surface area contributed by atoms with Crippen molar-refractivity contribution in [3.05, 3.63) is 29.8 Å². The molecule has 2 heterocycles. The molecule has 1 amide bonds. The Kier molecular flexibility index (Phi) is 5.76. The molecule has 8 heteroatoms. The number of hydrogen-bond acceptors (Lipinski definition) is 6. The van der Waals surface area contributed by atoms with Gasteiger partial charge in [-0.15, -0.1) is 10.2 Å². The van der Waals surface area contributed by atoms with E-state index in [-0.39, 0.29) is 23.2 Å². The lowest BCUT2D eigenvalue weighted by molar-refractivity contribution is -0.135. The van der Waals surface area contributed by atoms with E-state index in [1.165, 1.54) is 22.0 Å². The predicted molar refractivity (Wildman–Crippen MR) is 107 cm³/mol. The molecule has 0 aliphatic carbocycles. The van der Waals surface area contributed by atoms with Gasteiger partial charge in [-0.3, -0.25) is 4.79 Å². The first kappa shape index (κ1) is 19.7. The number of amides is 1. The van der Waals surface area contributed by atoms with Crippen LogP contribution < -0.4 is 5.84 Å². The average Bonchev–Trinajstić information content (AvgIpc) is 2.99. The lowest BCUT2D eigenvalue weighted by Crippen LogP contribution is -2.45. The number of thioether (sulfide) groups is 1. The van der Waals surface area contributed by atoms with Crippen LogP contribution in [0.4, 0.5) is 0 Å². The predicted octanol–water partition coefficient (Wildman–Crippen LogP) is 2.30. The third-order valence-electron chi connectivity index (χ3n) is 4.59. The summed E-state index contributed by atoms with van der Waals surface area (Å²) in [5, 5.41) is 8.88. The van der Waals surface area contributed by atoms with Gasteiger partial charge in [-0.2, -0.15) is 0 Å². The molecule has 7 nitrogen and oxygen atoms in total. The van der Waals surface area contributed by atoms with Gasteiger partial charge in [-0.1, -0.05) is 56.8 Å². The van der Waals surface area contributed by atoms with E-state index in [1.54, 1.807) is 0 Å². The zero-order valence-electron chi connectivity index (χ0n) is 16.3. The minimum atomic E-state index is 0.0641. The number of nitrogens with two attached hydrogens (primary N) is 1. The van der Waals surface area contributed by atoms with Crippen LogP contribution in [0.1, 0.15) is 33.3 Å². The molecule has 2 aromatic rings. The standard InChI is InChI=1S/C19H27N5O2S/c1-13-11-23(9-10-26-13)16(25)12-27-18-22-21-17(24(18)20)14-5-7-15(8-6-14)19(2,3)4/h5-8,13H,9-12,20H2,1-4H3. The summed E-state index contributed by atoms with van der Waals surface area (Å²) in [6, 6.07) is 8.17. The maximum absolute atomic E-state index is 12.4. The van der Waals surface area contributed by atoms with Crippen LogP contribution in [0.15, 0.2) is 29.4 Å². The summed E-state index contributed by atoms with van der Waals surface area (Å²) in [5.74, 6) is 7.11. The van der Waals surface area contributed by atoms with Crippen LogP contribution in [-0.2, 0) is 14.9 Å². The molecule has 2 N–H and O–H groups in total. The van der Waals surface area contributed by atoms with Gasteiger partial charge in [0.2, 0.25) is 11.1 Å². The fourth-order valence-electron chi connectivity index (χ4n) is 2.95. The number of ether oxygens (including phenoxy) is 1. The van der Waals surface area contributed by atoms with E-state index in [1.807, 2.05) is 24.0 Å². The van der Waals surface area contributed by atoms with Crippen LogP contribution >= 0.6 is 11.8 Å². The lowest BCUT2D eigenvalue weighted by Gasteiger charge is -2.31. The summed E-state index contributed by atoms with van der Waals surface area (Å²) in [5.41, 5.74) is 2.24. The van der Waals surface area contributed by atoms with Gasteiger partial charge >= 0.3 is 0 Å². The van der Waals surface area contributed by atoms with E-state index in [0.717, 1.165) is 5.56 Å². The fraction of sp³-hybridized carbons (Fsp3) is 0.526. The van der Waals surface area contributed by atoms with Crippen molar-refractivity contribution in [3.8, 4) is 11.4 Å². The number of morpholine rings is 1. The third kappa shape index (κ3) is 4.62. The topological polar surface area (TPSA) is 86.3 Å². The highest BCUT2D eigenvalue weighted by molar-refractivity contribution is 7.99. The average molecular weight is 390 g/mol. The van der Waals surface area contributed by atoms with Crippen LogP contribution in [0.2, 0.25) is 0 Å². The van der Waals surface area contributed by atoms with Crippen LogP contribution in [0.5, 0.6) is 0 Å². The Balaban J connectivity index is 1.66. The second kappa shape index (κ2) is 7.90. The summed E-state index contributed by atoms with van der Waals surface area (Å²) in [6.07, 6.45) is 0.0773. The number of aromatic nitrogens is 3. The number of benzene rings is 1. The quantitative estimate of drug-likeness (QED) is 0.638. The van der Waals surface area contributed by atoms with E-state index >= 15 is 0 Å². The van der Waals surface area contributed by atoms with Crippen LogP contribution in [0.25, 0.3) is 11.4 Å². The van der Waals surface area contributed by atoms with Crippen molar-refractivity contribution in [2.24, 2.45) is 0 Å². The van der Waals surface area contributed by atoms with Gasteiger partial charge < -0.3 is 15.5 Å². The lowest BCUT2D eigenvalue weighted by atomic mass is 9.87. The maximum Gasteiger partial charge on any atom is 0.233 e. The van der Waals surface area contributed by atoms with E-state index in [2.05, 4.69) is 43.1 Å². The third-order valence-corrected chi connectivity index (χ3v) is 5.52. The van der Waals surface area contributed by atoms with Gasteiger partial charge in [0.15, 0.2) is 5.82 Å². The second-order valence-electron chi connectivity index (χ2n) is 7.81. The smallest absolute Gasteiger partial charge is 0.233 e. The number of carbonyl (C=O) groups excluding carboxylic acids is 1. The van der Waals surface area contributed by atoms with E-state index in [4.69, 9.17) is 10.6 Å². The normalized spacial score (nSPS) is 17.9. The molecule has 1 atom stereocenters. The Bertz CT molecular complexity index is 797. The molecule has 1 saturated heterocycles. The summed E-state index contributed by atoms with van der Waals surface area (Å²) in [4.78, 5) is 14.2. The molecule has 3 rings (SSSR count). The van der Waals surface area contributed by atoms with E-state index in [0.29, 0.717) is 30.7 Å². The molecule has 27 heavy (non-hydrogen) atoms. The molecular formula is C19H27N5O2S. The molecule has 1 aliphatic heterocycles. The zero-order valence-corrected chi connectivity index (χ0v) is 17.1. The molecule has 1 unspecified atom stereocenters. The molecule has 0 saturated carbocycles.